The highest BCUT2D eigenvalue weighted by Gasteiger charge is 2.23. The first-order valence-corrected chi connectivity index (χ1v) is 12.3. The van der Waals surface area contributed by atoms with Gasteiger partial charge in [-0.2, -0.15) is 0 Å². The van der Waals surface area contributed by atoms with Gasteiger partial charge in [-0.1, -0.05) is 23.9 Å². The molecule has 0 bridgehead atoms. The fourth-order valence-corrected chi connectivity index (χ4v) is 5.42. The maximum atomic E-state index is 13.3. The zero-order chi connectivity index (χ0) is 22.1. The van der Waals surface area contributed by atoms with Crippen molar-refractivity contribution in [3.8, 4) is 11.5 Å². The first-order chi connectivity index (χ1) is 15.6. The Hall–Kier alpha value is -2.51. The zero-order valence-electron chi connectivity index (χ0n) is 18.5. The Bertz CT molecular complexity index is 1190. The average molecular weight is 453 g/mol. The van der Waals surface area contributed by atoms with Gasteiger partial charge in [0.05, 0.1) is 30.2 Å². The smallest absolute Gasteiger partial charge is 0.262 e. The van der Waals surface area contributed by atoms with E-state index in [0.717, 1.165) is 48.4 Å². The van der Waals surface area contributed by atoms with E-state index in [9.17, 15) is 4.79 Å². The summed E-state index contributed by atoms with van der Waals surface area (Å²) in [6.07, 6.45) is 3.15. The van der Waals surface area contributed by atoms with Crippen LogP contribution in [0.2, 0.25) is 0 Å². The first kappa shape index (κ1) is 21.3. The fraction of sp³-hybridized carbons (Fsp3) is 0.440. The lowest BCUT2D eigenvalue weighted by molar-refractivity contribution is 0.0937. The molecule has 2 unspecified atom stereocenters. The molecule has 1 fully saturated rings. The Balaban J connectivity index is 1.48. The highest BCUT2D eigenvalue weighted by atomic mass is 32.2. The van der Waals surface area contributed by atoms with Crippen LogP contribution in [0.4, 0.5) is 0 Å². The number of ether oxygens (including phenoxy) is 3. The Morgan fingerprint density at radius 1 is 1.28 bits per heavy atom. The van der Waals surface area contributed by atoms with E-state index >= 15 is 0 Å². The molecule has 3 aromatic rings. The molecule has 3 heterocycles. The average Bonchev–Trinajstić information content (AvgIpc) is 3.43. The van der Waals surface area contributed by atoms with Crippen LogP contribution in [-0.2, 0) is 23.5 Å². The summed E-state index contributed by atoms with van der Waals surface area (Å²) in [6.45, 7) is 5.96. The molecule has 0 spiro atoms. The van der Waals surface area contributed by atoms with E-state index < -0.39 is 0 Å². The van der Waals surface area contributed by atoms with E-state index in [1.807, 2.05) is 31.2 Å². The monoisotopic (exact) mass is 452 g/mol. The highest BCUT2D eigenvalue weighted by Crippen LogP contribution is 2.37. The number of thioether (sulfide) groups is 1. The van der Waals surface area contributed by atoms with Gasteiger partial charge in [-0.3, -0.25) is 9.36 Å². The van der Waals surface area contributed by atoms with Crippen LogP contribution in [0.25, 0.3) is 10.9 Å². The highest BCUT2D eigenvalue weighted by molar-refractivity contribution is 7.98. The van der Waals surface area contributed by atoms with Gasteiger partial charge in [-0.15, -0.1) is 0 Å². The van der Waals surface area contributed by atoms with Gasteiger partial charge >= 0.3 is 0 Å². The lowest BCUT2D eigenvalue weighted by Gasteiger charge is -2.17. The van der Waals surface area contributed by atoms with Crippen LogP contribution in [0, 0.1) is 0 Å². The van der Waals surface area contributed by atoms with E-state index in [0.29, 0.717) is 29.4 Å². The molecular weight excluding hydrogens is 424 g/mol. The number of hydrogen-bond acceptors (Lipinski definition) is 6. The number of benzene rings is 2. The molecule has 5 rings (SSSR count). The molecule has 7 heteroatoms. The van der Waals surface area contributed by atoms with Crippen LogP contribution in [-0.4, -0.2) is 35.0 Å². The zero-order valence-corrected chi connectivity index (χ0v) is 19.3. The molecule has 2 aliphatic rings. The van der Waals surface area contributed by atoms with E-state index in [1.165, 1.54) is 5.56 Å². The molecule has 0 amide bonds. The number of aromatic nitrogens is 2. The molecule has 2 aromatic carbocycles. The van der Waals surface area contributed by atoms with Crippen molar-refractivity contribution < 1.29 is 14.2 Å². The van der Waals surface area contributed by atoms with Crippen LogP contribution in [0.3, 0.4) is 0 Å². The summed E-state index contributed by atoms with van der Waals surface area (Å²) < 4.78 is 19.5. The third-order valence-corrected chi connectivity index (χ3v) is 7.00. The van der Waals surface area contributed by atoms with Crippen molar-refractivity contribution in [3.63, 3.8) is 0 Å². The summed E-state index contributed by atoms with van der Waals surface area (Å²) in [5, 5.41) is 1.35. The third kappa shape index (κ3) is 4.24. The quantitative estimate of drug-likeness (QED) is 0.386. The summed E-state index contributed by atoms with van der Waals surface area (Å²) in [5.74, 6) is 2.45. The molecule has 0 saturated carbocycles. The van der Waals surface area contributed by atoms with Crippen molar-refractivity contribution in [2.75, 3.05) is 13.2 Å². The van der Waals surface area contributed by atoms with Crippen LogP contribution < -0.4 is 15.0 Å². The number of para-hydroxylation sites is 1. The largest absolute Gasteiger partial charge is 0.494 e. The van der Waals surface area contributed by atoms with E-state index in [1.54, 1.807) is 16.3 Å². The van der Waals surface area contributed by atoms with Gasteiger partial charge in [-0.05, 0) is 51.0 Å². The van der Waals surface area contributed by atoms with Crippen LogP contribution >= 0.6 is 11.8 Å². The van der Waals surface area contributed by atoms with Crippen LogP contribution in [0.15, 0.2) is 46.3 Å². The van der Waals surface area contributed by atoms with Crippen molar-refractivity contribution in [2.24, 2.45) is 0 Å². The van der Waals surface area contributed by atoms with Gasteiger partial charge in [0.2, 0.25) is 0 Å². The van der Waals surface area contributed by atoms with Gasteiger partial charge in [0, 0.05) is 29.9 Å². The summed E-state index contributed by atoms with van der Waals surface area (Å²) in [7, 11) is 0. The van der Waals surface area contributed by atoms with Crippen molar-refractivity contribution in [1.29, 1.82) is 0 Å². The number of fused-ring (bicyclic) bond motifs is 2. The van der Waals surface area contributed by atoms with Crippen molar-refractivity contribution in [2.45, 2.75) is 62.8 Å². The summed E-state index contributed by atoms with van der Waals surface area (Å²) in [4.78, 5) is 18.2. The van der Waals surface area contributed by atoms with Gasteiger partial charge in [-0.25, -0.2) is 4.98 Å². The van der Waals surface area contributed by atoms with Gasteiger partial charge in [0.25, 0.3) is 5.56 Å². The Kier molecular flexibility index (Phi) is 6.11. The summed E-state index contributed by atoms with van der Waals surface area (Å²) in [6, 6.07) is 11.7. The molecule has 32 heavy (non-hydrogen) atoms. The molecule has 1 aromatic heterocycles. The van der Waals surface area contributed by atoms with Crippen LogP contribution in [0.5, 0.6) is 11.5 Å². The van der Waals surface area contributed by atoms with Gasteiger partial charge < -0.3 is 14.2 Å². The second-order valence-corrected chi connectivity index (χ2v) is 9.33. The second-order valence-electron chi connectivity index (χ2n) is 8.38. The Morgan fingerprint density at radius 2 is 2.16 bits per heavy atom. The minimum absolute atomic E-state index is 0.00950. The van der Waals surface area contributed by atoms with E-state index in [-0.39, 0.29) is 17.8 Å². The molecule has 1 saturated heterocycles. The minimum Gasteiger partial charge on any atom is -0.494 e. The lowest BCUT2D eigenvalue weighted by Crippen LogP contribution is -2.28. The lowest BCUT2D eigenvalue weighted by atomic mass is 10.1. The maximum absolute atomic E-state index is 13.3. The fourth-order valence-electron chi connectivity index (χ4n) is 4.44. The van der Waals surface area contributed by atoms with E-state index in [4.69, 9.17) is 19.2 Å². The molecular formula is C25H28N2O4S. The molecule has 2 atom stereocenters. The molecule has 6 nitrogen and oxygen atoms in total. The number of hydrogen-bond donors (Lipinski definition) is 0. The normalized spacial score (nSPS) is 19.8. The predicted molar refractivity (Wildman–Crippen MR) is 126 cm³/mol. The first-order valence-electron chi connectivity index (χ1n) is 11.3. The number of nitrogens with zero attached hydrogens (tertiary/aromatic N) is 2. The molecule has 0 radical (unpaired) electrons. The summed E-state index contributed by atoms with van der Waals surface area (Å²) in [5.41, 5.74) is 2.95. The van der Waals surface area contributed by atoms with Crippen molar-refractivity contribution in [1.82, 2.24) is 9.55 Å². The van der Waals surface area contributed by atoms with Crippen molar-refractivity contribution in [3.05, 3.63) is 57.9 Å². The maximum Gasteiger partial charge on any atom is 0.262 e. The van der Waals surface area contributed by atoms with Gasteiger partial charge in [0.15, 0.2) is 5.16 Å². The Morgan fingerprint density at radius 3 is 2.97 bits per heavy atom. The predicted octanol–water partition coefficient (Wildman–Crippen LogP) is 4.59. The number of rotatable bonds is 7. The second kappa shape index (κ2) is 9.16. The van der Waals surface area contributed by atoms with E-state index in [2.05, 4.69) is 19.1 Å². The topological polar surface area (TPSA) is 62.6 Å². The van der Waals surface area contributed by atoms with Gasteiger partial charge in [0.1, 0.15) is 17.6 Å². The van der Waals surface area contributed by atoms with Crippen LogP contribution in [0.1, 0.15) is 37.8 Å². The third-order valence-electron chi connectivity index (χ3n) is 5.97. The standard InChI is InChI=1S/C25H28N2O4S/c1-3-29-22-12-17-11-16(2)31-23(17)13-18(22)15-32-25-26-21-9-5-4-8-20(21)24(28)27(25)14-19-7-6-10-30-19/h4-5,8-9,12-13,16,19H,3,6-7,10-11,14-15H2,1-2H3. The van der Waals surface area contributed by atoms with Crippen molar-refractivity contribution >= 4 is 22.7 Å². The molecule has 0 aliphatic carbocycles. The minimum atomic E-state index is -0.00950. The molecule has 2 aliphatic heterocycles. The molecule has 168 valence electrons. The Labute approximate surface area is 191 Å². The summed E-state index contributed by atoms with van der Waals surface area (Å²) >= 11 is 1.56. The molecule has 0 N–H and O–H groups in total. The SMILES string of the molecule is CCOc1cc2c(cc1CSc1nc3ccccc3c(=O)n1CC1CCCO1)OC(C)C2.